The lowest BCUT2D eigenvalue weighted by molar-refractivity contribution is -0.129. The predicted octanol–water partition coefficient (Wildman–Crippen LogP) is 0.801. The molecule has 1 N–H and O–H groups in total. The van der Waals surface area contributed by atoms with Crippen LogP contribution in [-0.2, 0) is 16.9 Å². The predicted molar refractivity (Wildman–Crippen MR) is 50.3 cm³/mol. The first-order valence-electron chi connectivity index (χ1n) is 4.77. The molecule has 0 atom stereocenters. The van der Waals surface area contributed by atoms with Gasteiger partial charge in [-0.3, -0.25) is 4.98 Å². The second-order valence-electron chi connectivity index (χ2n) is 3.92. The molecule has 3 rings (SSSR count). The Morgan fingerprint density at radius 2 is 2.40 bits per heavy atom. The van der Waals surface area contributed by atoms with Crippen LogP contribution in [-0.4, -0.2) is 34.2 Å². The zero-order chi connectivity index (χ0) is 10.5. The highest BCUT2D eigenvalue weighted by Gasteiger charge is 2.52. The van der Waals surface area contributed by atoms with E-state index in [0.29, 0.717) is 19.7 Å². The molecule has 0 unspecified atom stereocenters. The Morgan fingerprint density at radius 1 is 1.60 bits per heavy atom. The summed E-state index contributed by atoms with van der Waals surface area (Å²) in [6, 6.07) is 3.83. The van der Waals surface area contributed by atoms with Crippen LogP contribution in [0.2, 0.25) is 0 Å². The number of nitrogens with zero attached hydrogens (tertiary/aromatic N) is 2. The van der Waals surface area contributed by atoms with Crippen molar-refractivity contribution in [3.8, 4) is 0 Å². The maximum Gasteiger partial charge on any atom is 0.407 e. The molecule has 78 valence electrons. The minimum Gasteiger partial charge on any atom is -0.465 e. The van der Waals surface area contributed by atoms with Crippen LogP contribution >= 0.6 is 0 Å². The van der Waals surface area contributed by atoms with Gasteiger partial charge in [0.15, 0.2) is 0 Å². The van der Waals surface area contributed by atoms with Crippen molar-refractivity contribution in [2.24, 2.45) is 0 Å². The van der Waals surface area contributed by atoms with Gasteiger partial charge in [0.05, 0.1) is 25.4 Å². The number of hydrogen-bond donors (Lipinski definition) is 1. The van der Waals surface area contributed by atoms with Gasteiger partial charge < -0.3 is 14.7 Å². The van der Waals surface area contributed by atoms with Gasteiger partial charge in [-0.15, -0.1) is 0 Å². The van der Waals surface area contributed by atoms with Crippen molar-refractivity contribution in [2.45, 2.75) is 12.2 Å². The number of hydrogen-bond acceptors (Lipinski definition) is 3. The molecule has 5 heteroatoms. The smallest absolute Gasteiger partial charge is 0.407 e. The molecule has 1 spiro atoms. The molecule has 0 bridgehead atoms. The fraction of sp³-hybridized carbons (Fsp3) is 0.400. The minimum absolute atomic E-state index is 0.415. The molecular weight excluding hydrogens is 196 g/mol. The molecule has 1 amide bonds. The van der Waals surface area contributed by atoms with Gasteiger partial charge in [0.1, 0.15) is 5.60 Å². The molecule has 2 aliphatic rings. The van der Waals surface area contributed by atoms with Crippen LogP contribution < -0.4 is 0 Å². The second-order valence-corrected chi connectivity index (χ2v) is 3.92. The molecule has 2 aliphatic heterocycles. The largest absolute Gasteiger partial charge is 0.465 e. The van der Waals surface area contributed by atoms with E-state index in [4.69, 9.17) is 9.84 Å². The first-order chi connectivity index (χ1) is 7.21. The van der Waals surface area contributed by atoms with Crippen LogP contribution in [0, 0.1) is 0 Å². The highest BCUT2D eigenvalue weighted by atomic mass is 16.5. The lowest BCUT2D eigenvalue weighted by Crippen LogP contribution is -2.60. The topological polar surface area (TPSA) is 62.7 Å². The molecule has 5 nitrogen and oxygen atoms in total. The summed E-state index contributed by atoms with van der Waals surface area (Å²) in [4.78, 5) is 16.3. The maximum absolute atomic E-state index is 10.7. The first-order valence-corrected chi connectivity index (χ1v) is 4.77. The van der Waals surface area contributed by atoms with Crippen molar-refractivity contribution in [3.63, 3.8) is 0 Å². The molecule has 1 saturated heterocycles. The van der Waals surface area contributed by atoms with Crippen molar-refractivity contribution in [2.75, 3.05) is 13.1 Å². The Bertz CT molecular complexity index is 426. The number of likely N-dealkylation sites (tertiary alicyclic amines) is 1. The van der Waals surface area contributed by atoms with Crippen molar-refractivity contribution in [3.05, 3.63) is 29.6 Å². The molecule has 3 heterocycles. The summed E-state index contributed by atoms with van der Waals surface area (Å²) in [5.74, 6) is 0. The molecular formula is C10H10N2O3. The number of aromatic nitrogens is 1. The molecule has 1 fully saturated rings. The third-order valence-electron chi connectivity index (χ3n) is 3.03. The Morgan fingerprint density at radius 3 is 3.13 bits per heavy atom. The van der Waals surface area contributed by atoms with Crippen LogP contribution in [0.4, 0.5) is 4.79 Å². The highest BCUT2D eigenvalue weighted by molar-refractivity contribution is 5.67. The number of fused-ring (bicyclic) bond motifs is 2. The van der Waals surface area contributed by atoms with Crippen molar-refractivity contribution in [1.82, 2.24) is 9.88 Å². The van der Waals surface area contributed by atoms with Gasteiger partial charge in [-0.25, -0.2) is 4.79 Å². The molecule has 15 heavy (non-hydrogen) atoms. The van der Waals surface area contributed by atoms with E-state index in [0.717, 1.165) is 11.3 Å². The van der Waals surface area contributed by atoms with Crippen LogP contribution in [0.3, 0.4) is 0 Å². The van der Waals surface area contributed by atoms with Crippen LogP contribution in [0.5, 0.6) is 0 Å². The van der Waals surface area contributed by atoms with Crippen molar-refractivity contribution < 1.29 is 14.6 Å². The summed E-state index contributed by atoms with van der Waals surface area (Å²) in [5.41, 5.74) is 1.56. The molecule has 0 aromatic carbocycles. The van der Waals surface area contributed by atoms with E-state index in [1.165, 1.54) is 4.90 Å². The fourth-order valence-corrected chi connectivity index (χ4v) is 2.22. The van der Waals surface area contributed by atoms with Gasteiger partial charge >= 0.3 is 6.09 Å². The molecule has 0 aliphatic carbocycles. The Hall–Kier alpha value is -1.62. The summed E-state index contributed by atoms with van der Waals surface area (Å²) in [5, 5.41) is 8.78. The zero-order valence-electron chi connectivity index (χ0n) is 8.01. The van der Waals surface area contributed by atoms with Crippen LogP contribution in [0.15, 0.2) is 18.3 Å². The average Bonchev–Trinajstić information content (AvgIpc) is 2.54. The van der Waals surface area contributed by atoms with E-state index in [9.17, 15) is 4.79 Å². The third-order valence-corrected chi connectivity index (χ3v) is 3.03. The van der Waals surface area contributed by atoms with Crippen molar-refractivity contribution >= 4 is 6.09 Å². The van der Waals surface area contributed by atoms with Crippen LogP contribution in [0.1, 0.15) is 11.3 Å². The van der Waals surface area contributed by atoms with Gasteiger partial charge in [0, 0.05) is 11.8 Å². The van der Waals surface area contributed by atoms with Gasteiger partial charge in [-0.1, -0.05) is 6.07 Å². The monoisotopic (exact) mass is 206 g/mol. The Labute approximate surface area is 86.3 Å². The standard InChI is InChI=1S/C10H10N2O3/c13-9(14)12-5-10(6-12)7-2-1-3-11-8(7)4-15-10/h1-3H,4-6H2,(H,13,14). The van der Waals surface area contributed by atoms with Gasteiger partial charge in [-0.05, 0) is 6.07 Å². The number of pyridine rings is 1. The summed E-state index contributed by atoms with van der Waals surface area (Å²) in [6.07, 6.45) is 0.844. The molecule has 1 aromatic rings. The van der Waals surface area contributed by atoms with E-state index in [-0.39, 0.29) is 0 Å². The quantitative estimate of drug-likeness (QED) is 0.682. The first kappa shape index (κ1) is 8.67. The molecule has 0 radical (unpaired) electrons. The highest BCUT2D eigenvalue weighted by Crippen LogP contribution is 2.42. The maximum atomic E-state index is 10.7. The number of carboxylic acid groups (broad SMARTS) is 1. The lowest BCUT2D eigenvalue weighted by Gasteiger charge is -2.45. The number of ether oxygens (including phenoxy) is 1. The normalized spacial score (nSPS) is 21.2. The Kier molecular flexibility index (Phi) is 1.56. The molecule has 1 aromatic heterocycles. The number of rotatable bonds is 0. The summed E-state index contributed by atoms with van der Waals surface area (Å²) >= 11 is 0. The van der Waals surface area contributed by atoms with E-state index in [1.807, 2.05) is 12.1 Å². The van der Waals surface area contributed by atoms with E-state index < -0.39 is 11.7 Å². The number of amides is 1. The van der Waals surface area contributed by atoms with E-state index in [2.05, 4.69) is 4.98 Å². The van der Waals surface area contributed by atoms with E-state index >= 15 is 0 Å². The average molecular weight is 206 g/mol. The van der Waals surface area contributed by atoms with Crippen molar-refractivity contribution in [1.29, 1.82) is 0 Å². The summed E-state index contributed by atoms with van der Waals surface area (Å²) < 4.78 is 5.66. The van der Waals surface area contributed by atoms with Gasteiger partial charge in [-0.2, -0.15) is 0 Å². The minimum atomic E-state index is -0.887. The van der Waals surface area contributed by atoms with Crippen LogP contribution in [0.25, 0.3) is 0 Å². The fourth-order valence-electron chi connectivity index (χ4n) is 2.22. The lowest BCUT2D eigenvalue weighted by atomic mass is 9.87. The zero-order valence-corrected chi connectivity index (χ0v) is 8.01. The Balaban J connectivity index is 1.90. The van der Waals surface area contributed by atoms with Gasteiger partial charge in [0.25, 0.3) is 0 Å². The summed E-state index contributed by atoms with van der Waals surface area (Å²) in [6.45, 7) is 1.33. The second kappa shape index (κ2) is 2.70. The number of carbonyl (C=O) groups is 1. The molecule has 0 saturated carbocycles. The van der Waals surface area contributed by atoms with Gasteiger partial charge in [0.2, 0.25) is 0 Å². The SMILES string of the molecule is O=C(O)N1CC2(C1)OCc1ncccc12. The van der Waals surface area contributed by atoms with E-state index in [1.54, 1.807) is 6.20 Å². The summed E-state index contributed by atoms with van der Waals surface area (Å²) in [7, 11) is 0. The third kappa shape index (κ3) is 1.07.